The number of hydrogen-bond donors (Lipinski definition) is 1. The van der Waals surface area contributed by atoms with Crippen LogP contribution in [0.1, 0.15) is 10.4 Å². The maximum absolute atomic E-state index is 13.5. The fourth-order valence-corrected chi connectivity index (χ4v) is 2.38. The highest BCUT2D eigenvalue weighted by molar-refractivity contribution is 5.95. The highest BCUT2D eigenvalue weighted by Crippen LogP contribution is 2.38. The Hall–Kier alpha value is -2.19. The number of nitrogens with zero attached hydrogens (tertiary/aromatic N) is 1. The lowest BCUT2D eigenvalue weighted by Crippen LogP contribution is -2.34. The highest BCUT2D eigenvalue weighted by atomic mass is 19.4. The van der Waals surface area contributed by atoms with Gasteiger partial charge in [-0.1, -0.05) is 0 Å². The van der Waals surface area contributed by atoms with Crippen molar-refractivity contribution < 1.29 is 36.6 Å². The zero-order chi connectivity index (χ0) is 16.7. The number of aliphatic carboxylic acids is 1. The minimum absolute atomic E-state index is 0.430. The summed E-state index contributed by atoms with van der Waals surface area (Å²) < 4.78 is 64.8. The van der Waals surface area contributed by atoms with Gasteiger partial charge in [0.1, 0.15) is 11.6 Å². The summed E-state index contributed by atoms with van der Waals surface area (Å²) in [6.07, 6.45) is -4.79. The molecule has 1 saturated heterocycles. The normalized spacial score (nSPS) is 22.0. The molecule has 0 aromatic heterocycles. The van der Waals surface area contributed by atoms with E-state index in [2.05, 4.69) is 0 Å². The van der Waals surface area contributed by atoms with Crippen LogP contribution in [-0.2, 0) is 4.79 Å². The van der Waals surface area contributed by atoms with Gasteiger partial charge in [0.2, 0.25) is 0 Å². The van der Waals surface area contributed by atoms with Crippen LogP contribution in [0, 0.1) is 23.5 Å². The molecule has 1 aromatic rings. The maximum atomic E-state index is 13.5. The van der Waals surface area contributed by atoms with Crippen molar-refractivity contribution >= 4 is 11.9 Å². The second-order valence-electron chi connectivity index (χ2n) is 4.93. The fourth-order valence-electron chi connectivity index (χ4n) is 2.38. The molecular formula is C13H10F5NO3. The van der Waals surface area contributed by atoms with Crippen LogP contribution in [0.25, 0.3) is 0 Å². The number of carboxylic acid groups (broad SMARTS) is 1. The molecular weight excluding hydrogens is 313 g/mol. The Kier molecular flexibility index (Phi) is 4.08. The largest absolute Gasteiger partial charge is 0.481 e. The fraction of sp³-hybridized carbons (Fsp3) is 0.385. The molecule has 0 radical (unpaired) electrons. The van der Waals surface area contributed by atoms with Crippen molar-refractivity contribution in [2.75, 3.05) is 13.1 Å². The molecule has 1 amide bonds. The summed E-state index contributed by atoms with van der Waals surface area (Å²) in [7, 11) is 0. The van der Waals surface area contributed by atoms with Gasteiger partial charge in [0, 0.05) is 19.2 Å². The summed E-state index contributed by atoms with van der Waals surface area (Å²) in [4.78, 5) is 23.6. The SMILES string of the molecule is O=C(O)[C@@H]1CN(C(=O)c2ccc(F)cc2F)C[C@H]1C(F)(F)F. The number of amides is 1. The van der Waals surface area contributed by atoms with Gasteiger partial charge in [-0.25, -0.2) is 8.78 Å². The molecule has 2 rings (SSSR count). The van der Waals surface area contributed by atoms with Crippen molar-refractivity contribution in [2.24, 2.45) is 11.8 Å². The molecule has 4 nitrogen and oxygen atoms in total. The van der Waals surface area contributed by atoms with Crippen molar-refractivity contribution in [3.8, 4) is 0 Å². The van der Waals surface area contributed by atoms with Crippen molar-refractivity contribution in [1.29, 1.82) is 0 Å². The number of carbonyl (C=O) groups excluding carboxylic acids is 1. The predicted molar refractivity (Wildman–Crippen MR) is 62.9 cm³/mol. The molecule has 0 unspecified atom stereocenters. The number of halogens is 5. The van der Waals surface area contributed by atoms with Gasteiger partial charge >= 0.3 is 12.1 Å². The van der Waals surface area contributed by atoms with Gasteiger partial charge in [-0.05, 0) is 12.1 Å². The van der Waals surface area contributed by atoms with Crippen molar-refractivity contribution in [3.63, 3.8) is 0 Å². The third kappa shape index (κ3) is 3.02. The molecule has 1 N–H and O–H groups in total. The Balaban J connectivity index is 2.27. The van der Waals surface area contributed by atoms with Gasteiger partial charge in [0.05, 0.1) is 17.4 Å². The summed E-state index contributed by atoms with van der Waals surface area (Å²) in [5, 5.41) is 8.85. The average molecular weight is 323 g/mol. The van der Waals surface area contributed by atoms with Crippen LogP contribution >= 0.6 is 0 Å². The molecule has 9 heteroatoms. The zero-order valence-electron chi connectivity index (χ0n) is 10.9. The quantitative estimate of drug-likeness (QED) is 0.850. The van der Waals surface area contributed by atoms with Crippen LogP contribution in [0.15, 0.2) is 18.2 Å². The third-order valence-electron chi connectivity index (χ3n) is 3.51. The van der Waals surface area contributed by atoms with Gasteiger partial charge in [0.15, 0.2) is 0 Å². The second-order valence-corrected chi connectivity index (χ2v) is 4.93. The van der Waals surface area contributed by atoms with Crippen LogP contribution in [0.5, 0.6) is 0 Å². The Morgan fingerprint density at radius 1 is 1.18 bits per heavy atom. The number of likely N-dealkylation sites (tertiary alicyclic amines) is 1. The van der Waals surface area contributed by atoms with Crippen LogP contribution in [0.2, 0.25) is 0 Å². The van der Waals surface area contributed by atoms with Gasteiger partial charge in [-0.2, -0.15) is 13.2 Å². The van der Waals surface area contributed by atoms with Gasteiger partial charge < -0.3 is 10.0 Å². The molecule has 0 bridgehead atoms. The molecule has 1 aliphatic heterocycles. The predicted octanol–water partition coefficient (Wildman–Crippen LogP) is 2.30. The Bertz CT molecular complexity index is 616. The molecule has 1 aromatic carbocycles. The van der Waals surface area contributed by atoms with Crippen molar-refractivity contribution in [3.05, 3.63) is 35.4 Å². The first-order valence-electron chi connectivity index (χ1n) is 6.15. The van der Waals surface area contributed by atoms with Crippen LogP contribution in [0.4, 0.5) is 22.0 Å². The van der Waals surface area contributed by atoms with Crippen molar-refractivity contribution in [2.45, 2.75) is 6.18 Å². The summed E-state index contributed by atoms with van der Waals surface area (Å²) in [5.41, 5.74) is -0.603. The first-order valence-corrected chi connectivity index (χ1v) is 6.15. The number of benzene rings is 1. The number of alkyl halides is 3. The van der Waals surface area contributed by atoms with Gasteiger partial charge in [0.25, 0.3) is 5.91 Å². The number of rotatable bonds is 2. The molecule has 0 spiro atoms. The maximum Gasteiger partial charge on any atom is 0.394 e. The van der Waals surface area contributed by atoms with E-state index in [0.29, 0.717) is 11.0 Å². The summed E-state index contributed by atoms with van der Waals surface area (Å²) in [6, 6.07) is 2.03. The van der Waals surface area contributed by atoms with E-state index in [-0.39, 0.29) is 0 Å². The Morgan fingerprint density at radius 3 is 2.27 bits per heavy atom. The standard InChI is InChI=1S/C13H10F5NO3/c14-6-1-2-7(10(15)3-6)11(20)19-4-8(12(21)22)9(5-19)13(16,17)18/h1-3,8-9H,4-5H2,(H,21,22)/t8-,9-/m1/s1. The van der Waals surface area contributed by atoms with Crippen LogP contribution < -0.4 is 0 Å². The van der Waals surface area contributed by atoms with Gasteiger partial charge in [-0.15, -0.1) is 0 Å². The van der Waals surface area contributed by atoms with E-state index in [1.54, 1.807) is 0 Å². The molecule has 0 aliphatic carbocycles. The third-order valence-corrected chi connectivity index (χ3v) is 3.51. The lowest BCUT2D eigenvalue weighted by Gasteiger charge is -2.18. The van der Waals surface area contributed by atoms with E-state index in [1.807, 2.05) is 0 Å². The van der Waals surface area contributed by atoms with E-state index in [4.69, 9.17) is 5.11 Å². The summed E-state index contributed by atoms with van der Waals surface area (Å²) >= 11 is 0. The minimum atomic E-state index is -4.79. The van der Waals surface area contributed by atoms with Crippen LogP contribution in [0.3, 0.4) is 0 Å². The number of carbonyl (C=O) groups is 2. The molecule has 22 heavy (non-hydrogen) atoms. The Morgan fingerprint density at radius 2 is 1.82 bits per heavy atom. The first-order chi connectivity index (χ1) is 10.1. The van der Waals surface area contributed by atoms with Crippen molar-refractivity contribution in [1.82, 2.24) is 4.90 Å². The first kappa shape index (κ1) is 16.2. The Labute approximate surface area is 121 Å². The average Bonchev–Trinajstić information content (AvgIpc) is 2.83. The second kappa shape index (κ2) is 5.54. The number of carboxylic acids is 1. The molecule has 1 heterocycles. The molecule has 120 valence electrons. The van der Waals surface area contributed by atoms with E-state index in [0.717, 1.165) is 12.1 Å². The topological polar surface area (TPSA) is 57.6 Å². The zero-order valence-corrected chi connectivity index (χ0v) is 10.9. The molecule has 1 aliphatic rings. The summed E-state index contributed by atoms with van der Waals surface area (Å²) in [5.74, 6) is -8.97. The van der Waals surface area contributed by atoms with Crippen LogP contribution in [-0.4, -0.2) is 41.1 Å². The monoisotopic (exact) mass is 323 g/mol. The summed E-state index contributed by atoms with van der Waals surface area (Å²) in [6.45, 7) is -1.56. The number of hydrogen-bond acceptors (Lipinski definition) is 2. The smallest absolute Gasteiger partial charge is 0.394 e. The molecule has 1 fully saturated rings. The van der Waals surface area contributed by atoms with E-state index in [9.17, 15) is 31.5 Å². The molecule has 0 saturated carbocycles. The van der Waals surface area contributed by atoms with E-state index < -0.39 is 60.2 Å². The van der Waals surface area contributed by atoms with E-state index in [1.165, 1.54) is 0 Å². The highest BCUT2D eigenvalue weighted by Gasteiger charge is 2.53. The van der Waals surface area contributed by atoms with Gasteiger partial charge in [-0.3, -0.25) is 9.59 Å². The lowest BCUT2D eigenvalue weighted by molar-refractivity contribution is -0.187. The lowest BCUT2D eigenvalue weighted by atomic mass is 9.96. The minimum Gasteiger partial charge on any atom is -0.481 e. The molecule has 2 atom stereocenters. The van der Waals surface area contributed by atoms with E-state index >= 15 is 0 Å².